The molecule has 0 aliphatic rings. The van der Waals surface area contributed by atoms with Gasteiger partial charge in [0.2, 0.25) is 0 Å². The van der Waals surface area contributed by atoms with Gasteiger partial charge < -0.3 is 15.4 Å². The molecule has 1 atom stereocenters. The Morgan fingerprint density at radius 1 is 1.15 bits per heavy atom. The number of alkyl halides is 3. The molecule has 1 aromatic rings. The monoisotopic (exact) mass is 373 g/mol. The summed E-state index contributed by atoms with van der Waals surface area (Å²) in [4.78, 5) is 4.16. The molecular formula is C19H30F3N3O. The van der Waals surface area contributed by atoms with E-state index in [-0.39, 0.29) is 5.92 Å². The predicted molar refractivity (Wildman–Crippen MR) is 99.6 cm³/mol. The number of nitrogens with one attached hydrogen (secondary N) is 2. The molecule has 4 nitrogen and oxygen atoms in total. The number of nitrogens with zero attached hydrogens (tertiary/aromatic N) is 1. The first-order chi connectivity index (χ1) is 12.4. The molecule has 0 heterocycles. The topological polar surface area (TPSA) is 45.7 Å². The van der Waals surface area contributed by atoms with Gasteiger partial charge >= 0.3 is 6.18 Å². The number of rotatable bonds is 10. The Morgan fingerprint density at radius 3 is 2.54 bits per heavy atom. The van der Waals surface area contributed by atoms with Crippen LogP contribution in [0.2, 0.25) is 0 Å². The molecule has 0 fully saturated rings. The van der Waals surface area contributed by atoms with Crippen molar-refractivity contribution in [3.63, 3.8) is 0 Å². The summed E-state index contributed by atoms with van der Waals surface area (Å²) in [6.45, 7) is 4.18. The van der Waals surface area contributed by atoms with Crippen LogP contribution >= 0.6 is 0 Å². The summed E-state index contributed by atoms with van der Waals surface area (Å²) in [6, 6.07) is 5.55. The molecule has 0 saturated carbocycles. The highest BCUT2D eigenvalue weighted by atomic mass is 19.4. The van der Waals surface area contributed by atoms with Crippen molar-refractivity contribution in [3.05, 3.63) is 35.4 Å². The van der Waals surface area contributed by atoms with Crippen LogP contribution in [0.15, 0.2) is 29.3 Å². The molecule has 0 radical (unpaired) electrons. The molecule has 0 saturated heterocycles. The third kappa shape index (κ3) is 8.56. The van der Waals surface area contributed by atoms with E-state index >= 15 is 0 Å². The van der Waals surface area contributed by atoms with Crippen molar-refractivity contribution in [2.75, 3.05) is 33.9 Å². The maximum Gasteiger partial charge on any atom is 0.416 e. The van der Waals surface area contributed by atoms with Crippen LogP contribution in [-0.2, 0) is 10.9 Å². The second-order valence-corrected chi connectivity index (χ2v) is 6.29. The number of aliphatic imine (C=N–C) groups is 1. The van der Waals surface area contributed by atoms with Crippen molar-refractivity contribution >= 4 is 5.96 Å². The summed E-state index contributed by atoms with van der Waals surface area (Å²) >= 11 is 0. The smallest absolute Gasteiger partial charge is 0.385 e. The fourth-order valence-electron chi connectivity index (χ4n) is 2.57. The summed E-state index contributed by atoms with van der Waals surface area (Å²) in [5, 5.41) is 6.45. The van der Waals surface area contributed by atoms with Crippen LogP contribution in [0.3, 0.4) is 0 Å². The summed E-state index contributed by atoms with van der Waals surface area (Å²) in [6.07, 6.45) is -0.424. The SMILES string of the molecule is CN=C(NCCCCCOC)NCCC(C)c1cccc(C(F)(F)F)c1. The van der Waals surface area contributed by atoms with E-state index < -0.39 is 11.7 Å². The van der Waals surface area contributed by atoms with Gasteiger partial charge in [-0.05, 0) is 43.2 Å². The molecule has 7 heteroatoms. The molecule has 0 amide bonds. The van der Waals surface area contributed by atoms with Gasteiger partial charge in [-0.2, -0.15) is 13.2 Å². The molecule has 0 aliphatic carbocycles. The average molecular weight is 373 g/mol. The highest BCUT2D eigenvalue weighted by Crippen LogP contribution is 2.31. The molecule has 1 rings (SSSR count). The second-order valence-electron chi connectivity index (χ2n) is 6.29. The number of unbranched alkanes of at least 4 members (excludes halogenated alkanes) is 2. The highest BCUT2D eigenvalue weighted by molar-refractivity contribution is 5.79. The third-order valence-corrected chi connectivity index (χ3v) is 4.19. The maximum absolute atomic E-state index is 12.8. The number of benzene rings is 1. The first kappa shape index (κ1) is 22.3. The van der Waals surface area contributed by atoms with E-state index in [1.54, 1.807) is 20.2 Å². The molecule has 26 heavy (non-hydrogen) atoms. The zero-order valence-electron chi connectivity index (χ0n) is 15.8. The van der Waals surface area contributed by atoms with Crippen molar-refractivity contribution in [3.8, 4) is 0 Å². The number of methoxy groups -OCH3 is 1. The Morgan fingerprint density at radius 2 is 1.88 bits per heavy atom. The van der Waals surface area contributed by atoms with Gasteiger partial charge in [-0.25, -0.2) is 0 Å². The average Bonchev–Trinajstić information content (AvgIpc) is 2.62. The normalized spacial score (nSPS) is 13.5. The fourth-order valence-corrected chi connectivity index (χ4v) is 2.57. The van der Waals surface area contributed by atoms with Crippen molar-refractivity contribution in [2.45, 2.75) is 44.7 Å². The first-order valence-corrected chi connectivity index (χ1v) is 8.99. The fraction of sp³-hybridized carbons (Fsp3) is 0.632. The van der Waals surface area contributed by atoms with Crippen LogP contribution in [-0.4, -0.2) is 39.8 Å². The van der Waals surface area contributed by atoms with Crippen LogP contribution in [0.5, 0.6) is 0 Å². The molecule has 0 spiro atoms. The third-order valence-electron chi connectivity index (χ3n) is 4.19. The zero-order valence-corrected chi connectivity index (χ0v) is 15.8. The van der Waals surface area contributed by atoms with Gasteiger partial charge in [0.1, 0.15) is 0 Å². The van der Waals surface area contributed by atoms with E-state index in [0.717, 1.165) is 44.9 Å². The lowest BCUT2D eigenvalue weighted by molar-refractivity contribution is -0.137. The number of hydrogen-bond acceptors (Lipinski definition) is 2. The van der Waals surface area contributed by atoms with Gasteiger partial charge in [-0.15, -0.1) is 0 Å². The summed E-state index contributed by atoms with van der Waals surface area (Å²) in [5.41, 5.74) is 0.100. The zero-order chi connectivity index (χ0) is 19.4. The Labute approximate surface area is 154 Å². The second kappa shape index (κ2) is 11.8. The van der Waals surface area contributed by atoms with Crippen molar-refractivity contribution < 1.29 is 17.9 Å². The highest BCUT2D eigenvalue weighted by Gasteiger charge is 2.30. The minimum atomic E-state index is -4.30. The van der Waals surface area contributed by atoms with Crippen LogP contribution in [0.25, 0.3) is 0 Å². The minimum absolute atomic E-state index is 0.0250. The number of guanidine groups is 1. The molecular weight excluding hydrogens is 343 g/mol. The lowest BCUT2D eigenvalue weighted by Crippen LogP contribution is -2.38. The van der Waals surface area contributed by atoms with E-state index in [9.17, 15) is 13.2 Å². The molecule has 0 bridgehead atoms. The van der Waals surface area contributed by atoms with E-state index in [0.29, 0.717) is 18.1 Å². The van der Waals surface area contributed by atoms with Crippen LogP contribution in [0.1, 0.15) is 49.7 Å². The van der Waals surface area contributed by atoms with Gasteiger partial charge in [0.25, 0.3) is 0 Å². The standard InChI is InChI=1S/C19H30F3N3O/c1-15(16-8-7-9-17(14-16)19(20,21)22)10-12-25-18(23-2)24-11-5-4-6-13-26-3/h7-9,14-15H,4-6,10-13H2,1-3H3,(H2,23,24,25). The lowest BCUT2D eigenvalue weighted by Gasteiger charge is -2.16. The Balaban J connectivity index is 2.34. The number of halogens is 3. The molecule has 0 aromatic heterocycles. The van der Waals surface area contributed by atoms with Crippen molar-refractivity contribution in [2.24, 2.45) is 4.99 Å². The Hall–Kier alpha value is -1.76. The molecule has 1 aromatic carbocycles. The first-order valence-electron chi connectivity index (χ1n) is 8.99. The van der Waals surface area contributed by atoms with Crippen molar-refractivity contribution in [1.29, 1.82) is 0 Å². The number of ether oxygens (including phenoxy) is 1. The maximum atomic E-state index is 12.8. The Kier molecular flexibility index (Phi) is 10.1. The molecule has 2 N–H and O–H groups in total. The van der Waals surface area contributed by atoms with E-state index in [1.807, 2.05) is 6.92 Å². The van der Waals surface area contributed by atoms with Crippen molar-refractivity contribution in [1.82, 2.24) is 10.6 Å². The minimum Gasteiger partial charge on any atom is -0.385 e. The summed E-state index contributed by atoms with van der Waals surface area (Å²) in [7, 11) is 3.40. The van der Waals surface area contributed by atoms with Gasteiger partial charge in [0.05, 0.1) is 5.56 Å². The van der Waals surface area contributed by atoms with E-state index in [1.165, 1.54) is 12.1 Å². The summed E-state index contributed by atoms with van der Waals surface area (Å²) in [5.74, 6) is 0.741. The van der Waals surface area contributed by atoms with Gasteiger partial charge in [0, 0.05) is 33.9 Å². The van der Waals surface area contributed by atoms with Crippen LogP contribution in [0.4, 0.5) is 13.2 Å². The van der Waals surface area contributed by atoms with E-state index in [4.69, 9.17) is 4.74 Å². The van der Waals surface area contributed by atoms with Gasteiger partial charge in [-0.3, -0.25) is 4.99 Å². The number of hydrogen-bond donors (Lipinski definition) is 2. The molecule has 1 unspecified atom stereocenters. The lowest BCUT2D eigenvalue weighted by atomic mass is 9.96. The largest absolute Gasteiger partial charge is 0.416 e. The van der Waals surface area contributed by atoms with Gasteiger partial charge in [-0.1, -0.05) is 25.1 Å². The Bertz CT molecular complexity index is 547. The van der Waals surface area contributed by atoms with Gasteiger partial charge in [0.15, 0.2) is 5.96 Å². The predicted octanol–water partition coefficient (Wildman–Crippen LogP) is 4.18. The van der Waals surface area contributed by atoms with Crippen LogP contribution in [0, 0.1) is 0 Å². The van der Waals surface area contributed by atoms with Crippen LogP contribution < -0.4 is 10.6 Å². The molecule has 148 valence electrons. The van der Waals surface area contributed by atoms with E-state index in [2.05, 4.69) is 15.6 Å². The quantitative estimate of drug-likeness (QED) is 0.367. The summed E-state index contributed by atoms with van der Waals surface area (Å²) < 4.78 is 43.4. The molecule has 0 aliphatic heterocycles.